The van der Waals surface area contributed by atoms with Gasteiger partial charge in [-0.05, 0) is 107 Å². The van der Waals surface area contributed by atoms with Gasteiger partial charge in [0.15, 0.2) is 0 Å². The van der Waals surface area contributed by atoms with Crippen molar-refractivity contribution in [3.05, 3.63) is 154 Å². The van der Waals surface area contributed by atoms with Crippen LogP contribution in [0.4, 0.5) is 0 Å². The van der Waals surface area contributed by atoms with Crippen molar-refractivity contribution in [2.45, 2.75) is 74.1 Å². The SMILES string of the molecule is CCCCCCOC(=O)c1ccccc1-c1c2ccc(=[N+](CC)CC)cc-2oc2cc(C)ccc12.CC[N+](CC)=c1ccc2c(-c3ccccc3C(=O)O)c3ccc(C)cc3oc-2c1.[Cl-].[Cl-]. The zero-order chi connectivity index (χ0) is 45.3. The van der Waals surface area contributed by atoms with Gasteiger partial charge in [0.25, 0.3) is 0 Å². The molecular formula is C56H60Cl2N2O6. The molecule has 0 saturated heterocycles. The Labute approximate surface area is 400 Å². The van der Waals surface area contributed by atoms with Crippen LogP contribution >= 0.6 is 0 Å². The van der Waals surface area contributed by atoms with Crippen molar-refractivity contribution in [3.8, 4) is 44.9 Å². The molecule has 0 spiro atoms. The molecule has 2 heterocycles. The molecule has 0 unspecified atom stereocenters. The van der Waals surface area contributed by atoms with Crippen LogP contribution in [0.3, 0.4) is 0 Å². The number of halogens is 2. The first-order valence-corrected chi connectivity index (χ1v) is 22.8. The Bertz CT molecular complexity index is 3040. The number of benzene rings is 6. The average Bonchev–Trinajstić information content (AvgIpc) is 3.30. The lowest BCUT2D eigenvalue weighted by atomic mass is 9.90. The summed E-state index contributed by atoms with van der Waals surface area (Å²) in [7, 11) is 0. The van der Waals surface area contributed by atoms with Gasteiger partial charge in [-0.1, -0.05) is 86.8 Å². The van der Waals surface area contributed by atoms with Gasteiger partial charge in [0.05, 0.1) is 29.9 Å². The minimum absolute atomic E-state index is 0. The zero-order valence-electron chi connectivity index (χ0n) is 39.0. The van der Waals surface area contributed by atoms with E-state index in [-0.39, 0.29) is 36.3 Å². The zero-order valence-corrected chi connectivity index (χ0v) is 40.6. The van der Waals surface area contributed by atoms with Crippen LogP contribution in [0.2, 0.25) is 0 Å². The minimum atomic E-state index is -0.936. The second-order valence-corrected chi connectivity index (χ2v) is 16.3. The number of rotatable bonds is 13. The number of carboxylic acid groups (broad SMARTS) is 1. The molecule has 1 N–H and O–H groups in total. The van der Waals surface area contributed by atoms with E-state index >= 15 is 0 Å². The van der Waals surface area contributed by atoms with Crippen molar-refractivity contribution < 1.29 is 53.1 Å². The van der Waals surface area contributed by atoms with Gasteiger partial charge < -0.3 is 43.5 Å². The Morgan fingerprint density at radius 3 is 1.44 bits per heavy atom. The lowest BCUT2D eigenvalue weighted by Gasteiger charge is -2.17. The standard InChI is InChI=1S/C31H36NO3.C25H23NO3.2ClH/c1-5-8-9-12-19-34-31(33)25-14-11-10-13-24(25)30-26-17-15-22(4)20-28(26)35-29-21-23(16-18-27(29)30)32(6-2)7-3;1-4-26(5-2)17-11-13-21-23(15-17)29-22-14-16(3)10-12-20(22)24(21)18-8-6-7-9-19(18)25(27)28;;/h10-11,13-18,20-21H,5-9,12,19H2,1-4H3;6-15H,4-5H2,1-3H3;2*1H/q+1;;;/p-1. The highest BCUT2D eigenvalue weighted by atomic mass is 35.5. The molecule has 0 radical (unpaired) electrons. The summed E-state index contributed by atoms with van der Waals surface area (Å²) in [6.45, 7) is 18.9. The van der Waals surface area contributed by atoms with Crippen molar-refractivity contribution in [1.82, 2.24) is 9.15 Å². The molecule has 0 aromatic heterocycles. The Morgan fingerprint density at radius 1 is 0.530 bits per heavy atom. The highest BCUT2D eigenvalue weighted by Crippen LogP contribution is 2.43. The molecule has 10 heteroatoms. The summed E-state index contributed by atoms with van der Waals surface area (Å²) in [5, 5.41) is 13.9. The highest BCUT2D eigenvalue weighted by molar-refractivity contribution is 6.09. The Morgan fingerprint density at radius 2 is 0.985 bits per heavy atom. The van der Waals surface area contributed by atoms with Crippen LogP contribution in [0.25, 0.3) is 66.8 Å². The highest BCUT2D eigenvalue weighted by Gasteiger charge is 2.24. The van der Waals surface area contributed by atoms with Crippen molar-refractivity contribution in [3.63, 3.8) is 0 Å². The monoisotopic (exact) mass is 926 g/mol. The molecule has 66 heavy (non-hydrogen) atoms. The van der Waals surface area contributed by atoms with E-state index in [2.05, 4.69) is 99.2 Å². The molecule has 2 aliphatic carbocycles. The molecule has 0 atom stereocenters. The molecule has 0 amide bonds. The van der Waals surface area contributed by atoms with Gasteiger partial charge in [0, 0.05) is 45.2 Å². The number of carboxylic acids is 1. The van der Waals surface area contributed by atoms with E-state index in [0.29, 0.717) is 17.7 Å². The number of nitrogens with zero attached hydrogens (tertiary/aromatic N) is 2. The molecule has 8 rings (SSSR count). The number of esters is 1. The molecule has 0 saturated carbocycles. The van der Waals surface area contributed by atoms with Gasteiger partial charge in [-0.3, -0.25) is 0 Å². The van der Waals surface area contributed by atoms with E-state index in [9.17, 15) is 14.7 Å². The number of ether oxygens (including phenoxy) is 1. The molecular weight excluding hydrogens is 868 g/mol. The summed E-state index contributed by atoms with van der Waals surface area (Å²) in [4.78, 5) is 25.1. The molecule has 0 fully saturated rings. The first-order chi connectivity index (χ1) is 31.1. The second kappa shape index (κ2) is 23.3. The third-order valence-corrected chi connectivity index (χ3v) is 12.1. The van der Waals surface area contributed by atoms with Gasteiger partial charge in [-0.15, -0.1) is 0 Å². The summed E-state index contributed by atoms with van der Waals surface area (Å²) in [6, 6.07) is 39.8. The first kappa shape index (κ1) is 50.8. The van der Waals surface area contributed by atoms with Crippen LogP contribution < -0.4 is 44.7 Å². The van der Waals surface area contributed by atoms with Crippen LogP contribution in [0.1, 0.15) is 92.1 Å². The molecule has 4 aliphatic rings. The Hall–Kier alpha value is -6.22. The van der Waals surface area contributed by atoms with E-state index in [1.54, 1.807) is 12.1 Å². The number of hydrogen-bond acceptors (Lipinski definition) is 5. The molecule has 4 aromatic rings. The third-order valence-electron chi connectivity index (χ3n) is 12.1. The van der Waals surface area contributed by atoms with Crippen LogP contribution in [0.15, 0.2) is 130 Å². The fraction of sp³-hybridized carbons (Fsp3) is 0.286. The fourth-order valence-corrected chi connectivity index (χ4v) is 8.66. The molecule has 2 aliphatic heterocycles. The van der Waals surface area contributed by atoms with E-state index in [1.807, 2.05) is 67.6 Å². The number of carbonyl (C=O) groups is 2. The van der Waals surface area contributed by atoms with Gasteiger partial charge in [0.1, 0.15) is 48.9 Å². The minimum Gasteiger partial charge on any atom is -1.00 e. The average molecular weight is 928 g/mol. The molecule has 344 valence electrons. The van der Waals surface area contributed by atoms with Crippen LogP contribution in [0.5, 0.6) is 0 Å². The van der Waals surface area contributed by atoms with Crippen molar-refractivity contribution in [2.75, 3.05) is 32.8 Å². The van der Waals surface area contributed by atoms with E-state index in [4.69, 9.17) is 13.6 Å². The van der Waals surface area contributed by atoms with Gasteiger partial charge in [-0.25, -0.2) is 18.7 Å². The predicted molar refractivity (Wildman–Crippen MR) is 260 cm³/mol. The van der Waals surface area contributed by atoms with Crippen molar-refractivity contribution in [1.29, 1.82) is 0 Å². The topological polar surface area (TPSA) is 95.9 Å². The number of unbranched alkanes of at least 4 members (excludes halogenated alkanes) is 3. The lowest BCUT2D eigenvalue weighted by molar-refractivity contribution is -0.001000. The Balaban J connectivity index is 0.000000244. The van der Waals surface area contributed by atoms with E-state index in [1.165, 1.54) is 0 Å². The summed E-state index contributed by atoms with van der Waals surface area (Å²) >= 11 is 0. The van der Waals surface area contributed by atoms with E-state index in [0.717, 1.165) is 135 Å². The smallest absolute Gasteiger partial charge is 0.338 e. The maximum atomic E-state index is 13.2. The quantitative estimate of drug-likeness (QED) is 0.0652. The largest absolute Gasteiger partial charge is 1.00 e. The summed E-state index contributed by atoms with van der Waals surface area (Å²) in [5.41, 5.74) is 10.0. The molecule has 8 nitrogen and oxygen atoms in total. The molecule has 0 bridgehead atoms. The maximum Gasteiger partial charge on any atom is 0.338 e. The van der Waals surface area contributed by atoms with Crippen LogP contribution in [0, 0.1) is 13.8 Å². The lowest BCUT2D eigenvalue weighted by Crippen LogP contribution is -3.00. The fourth-order valence-electron chi connectivity index (χ4n) is 8.66. The van der Waals surface area contributed by atoms with Crippen molar-refractivity contribution in [2.24, 2.45) is 0 Å². The maximum absolute atomic E-state index is 13.2. The number of aryl methyl sites for hydroxylation is 2. The number of aromatic carboxylic acids is 1. The first-order valence-electron chi connectivity index (χ1n) is 22.8. The predicted octanol–water partition coefficient (Wildman–Crippen LogP) is 6.09. The summed E-state index contributed by atoms with van der Waals surface area (Å²) in [5.74, 6) is 0.355. The number of carbonyl (C=O) groups excluding carboxylic acids is 1. The van der Waals surface area contributed by atoms with Crippen molar-refractivity contribution >= 4 is 33.9 Å². The van der Waals surface area contributed by atoms with Crippen LogP contribution in [-0.4, -0.2) is 49.8 Å². The van der Waals surface area contributed by atoms with Gasteiger partial charge in [0.2, 0.25) is 10.7 Å². The Kier molecular flexibility index (Phi) is 17.9. The number of hydrogen-bond donors (Lipinski definition) is 1. The second-order valence-electron chi connectivity index (χ2n) is 16.3. The summed E-state index contributed by atoms with van der Waals surface area (Å²) < 4.78 is 23.0. The van der Waals surface area contributed by atoms with E-state index < -0.39 is 5.97 Å². The molecule has 4 aromatic carbocycles. The number of fused-ring (bicyclic) bond motifs is 4. The van der Waals surface area contributed by atoms with Gasteiger partial charge in [-0.2, -0.15) is 0 Å². The third kappa shape index (κ3) is 10.9. The normalized spacial score (nSPS) is 10.8. The summed E-state index contributed by atoms with van der Waals surface area (Å²) in [6.07, 6.45) is 4.29. The van der Waals surface area contributed by atoms with Gasteiger partial charge >= 0.3 is 11.9 Å². The van der Waals surface area contributed by atoms with Crippen LogP contribution in [-0.2, 0) is 4.74 Å².